The number of hydrogen-bond donors (Lipinski definition) is 1. The summed E-state index contributed by atoms with van der Waals surface area (Å²) in [5, 5.41) is 3.41. The SMILES string of the molecule is CN(CC1CCN(Cc2ccccc2)C1)C(=O)CC1CCCN1.Cl.Cl. The summed E-state index contributed by atoms with van der Waals surface area (Å²) in [5.41, 5.74) is 1.38. The summed E-state index contributed by atoms with van der Waals surface area (Å²) in [6.45, 7) is 5.25. The van der Waals surface area contributed by atoms with E-state index >= 15 is 0 Å². The molecule has 25 heavy (non-hydrogen) atoms. The van der Waals surface area contributed by atoms with E-state index < -0.39 is 0 Å². The number of benzene rings is 1. The van der Waals surface area contributed by atoms with Gasteiger partial charge in [0.25, 0.3) is 0 Å². The molecule has 2 aliphatic heterocycles. The van der Waals surface area contributed by atoms with Crippen molar-refractivity contribution in [2.45, 2.75) is 38.3 Å². The van der Waals surface area contributed by atoms with Gasteiger partial charge in [-0.15, -0.1) is 24.8 Å². The molecule has 6 heteroatoms. The minimum atomic E-state index is 0. The highest BCUT2D eigenvalue weighted by Crippen LogP contribution is 2.20. The lowest BCUT2D eigenvalue weighted by Gasteiger charge is -2.23. The highest BCUT2D eigenvalue weighted by Gasteiger charge is 2.26. The summed E-state index contributed by atoms with van der Waals surface area (Å²) in [6, 6.07) is 11.1. The summed E-state index contributed by atoms with van der Waals surface area (Å²) in [6.07, 6.45) is 4.22. The molecule has 0 aliphatic carbocycles. The quantitative estimate of drug-likeness (QED) is 0.814. The van der Waals surface area contributed by atoms with Gasteiger partial charge in [-0.25, -0.2) is 0 Å². The Hall–Kier alpha value is -0.810. The van der Waals surface area contributed by atoms with Gasteiger partial charge in [0, 0.05) is 39.1 Å². The van der Waals surface area contributed by atoms with Crippen LogP contribution in [-0.4, -0.2) is 55.0 Å². The van der Waals surface area contributed by atoms with Crippen molar-refractivity contribution in [3.05, 3.63) is 35.9 Å². The number of carbonyl (C=O) groups excluding carboxylic acids is 1. The third kappa shape index (κ3) is 6.78. The zero-order chi connectivity index (χ0) is 16.1. The molecule has 2 aliphatic rings. The molecule has 0 saturated carbocycles. The van der Waals surface area contributed by atoms with Crippen LogP contribution >= 0.6 is 24.8 Å². The summed E-state index contributed by atoms with van der Waals surface area (Å²) in [4.78, 5) is 16.8. The van der Waals surface area contributed by atoms with Gasteiger partial charge in [0.15, 0.2) is 0 Å². The maximum atomic E-state index is 12.3. The lowest BCUT2D eigenvalue weighted by atomic mass is 10.1. The van der Waals surface area contributed by atoms with Crippen molar-refractivity contribution in [2.75, 3.05) is 33.2 Å². The van der Waals surface area contributed by atoms with Gasteiger partial charge in [0.1, 0.15) is 0 Å². The molecule has 2 atom stereocenters. The van der Waals surface area contributed by atoms with Gasteiger partial charge in [-0.2, -0.15) is 0 Å². The first kappa shape index (κ1) is 22.2. The molecule has 3 rings (SSSR count). The van der Waals surface area contributed by atoms with Gasteiger partial charge >= 0.3 is 0 Å². The van der Waals surface area contributed by atoms with Crippen LogP contribution in [0.4, 0.5) is 0 Å². The Bertz CT molecular complexity index is 509. The molecule has 1 N–H and O–H groups in total. The fourth-order valence-electron chi connectivity index (χ4n) is 3.83. The number of rotatable bonds is 6. The van der Waals surface area contributed by atoms with Gasteiger partial charge in [-0.1, -0.05) is 30.3 Å². The second-order valence-electron chi connectivity index (χ2n) is 7.15. The van der Waals surface area contributed by atoms with Crippen LogP contribution in [-0.2, 0) is 11.3 Å². The van der Waals surface area contributed by atoms with E-state index in [9.17, 15) is 4.79 Å². The van der Waals surface area contributed by atoms with Crippen LogP contribution in [0, 0.1) is 5.92 Å². The average Bonchev–Trinajstić information content (AvgIpc) is 3.20. The van der Waals surface area contributed by atoms with E-state index in [-0.39, 0.29) is 24.8 Å². The molecule has 2 unspecified atom stereocenters. The lowest BCUT2D eigenvalue weighted by molar-refractivity contribution is -0.130. The number of nitrogens with zero attached hydrogens (tertiary/aromatic N) is 2. The number of halogens is 2. The summed E-state index contributed by atoms with van der Waals surface area (Å²) in [5.74, 6) is 0.912. The van der Waals surface area contributed by atoms with Gasteiger partial charge < -0.3 is 10.2 Å². The molecule has 4 nitrogen and oxygen atoms in total. The minimum Gasteiger partial charge on any atom is -0.345 e. The van der Waals surface area contributed by atoms with Crippen molar-refractivity contribution in [3.63, 3.8) is 0 Å². The molecule has 0 bridgehead atoms. The van der Waals surface area contributed by atoms with E-state index in [0.717, 1.165) is 39.1 Å². The fraction of sp³-hybridized carbons (Fsp3) is 0.632. The number of likely N-dealkylation sites (tertiary alicyclic amines) is 1. The van der Waals surface area contributed by atoms with Crippen molar-refractivity contribution < 1.29 is 4.79 Å². The standard InChI is InChI=1S/C19H29N3O.2ClH/c1-21(19(23)12-18-8-5-10-20-18)13-17-9-11-22(15-17)14-16-6-3-2-4-7-16;;/h2-4,6-7,17-18,20H,5,8-15H2,1H3;2*1H. The Morgan fingerprint density at radius 3 is 2.68 bits per heavy atom. The monoisotopic (exact) mass is 387 g/mol. The van der Waals surface area contributed by atoms with Gasteiger partial charge in [0.2, 0.25) is 5.91 Å². The molecule has 142 valence electrons. The van der Waals surface area contributed by atoms with Crippen LogP contribution in [0.1, 0.15) is 31.2 Å². The second-order valence-corrected chi connectivity index (χ2v) is 7.15. The largest absolute Gasteiger partial charge is 0.345 e. The number of carbonyl (C=O) groups is 1. The van der Waals surface area contributed by atoms with Gasteiger partial charge in [0.05, 0.1) is 0 Å². The van der Waals surface area contributed by atoms with Crippen molar-refractivity contribution >= 4 is 30.7 Å². The van der Waals surface area contributed by atoms with E-state index in [1.54, 1.807) is 0 Å². The molecule has 1 amide bonds. The smallest absolute Gasteiger partial charge is 0.223 e. The molecule has 2 fully saturated rings. The molecule has 2 saturated heterocycles. The van der Waals surface area contributed by atoms with E-state index in [4.69, 9.17) is 0 Å². The highest BCUT2D eigenvalue weighted by molar-refractivity contribution is 5.85. The number of hydrogen-bond acceptors (Lipinski definition) is 3. The molecule has 1 aromatic rings. The second kappa shape index (κ2) is 11.0. The van der Waals surface area contributed by atoms with Crippen LogP contribution in [0.3, 0.4) is 0 Å². The Morgan fingerprint density at radius 2 is 2.00 bits per heavy atom. The third-order valence-corrected chi connectivity index (χ3v) is 5.16. The molecule has 0 aromatic heterocycles. The first-order chi connectivity index (χ1) is 11.2. The first-order valence-electron chi connectivity index (χ1n) is 8.94. The summed E-state index contributed by atoms with van der Waals surface area (Å²) < 4.78 is 0. The highest BCUT2D eigenvalue weighted by atomic mass is 35.5. The molecule has 2 heterocycles. The van der Waals surface area contributed by atoms with Crippen LogP contribution in [0.25, 0.3) is 0 Å². The van der Waals surface area contributed by atoms with E-state index in [2.05, 4.69) is 40.5 Å². The van der Waals surface area contributed by atoms with E-state index in [0.29, 0.717) is 24.3 Å². The predicted octanol–water partition coefficient (Wildman–Crippen LogP) is 2.95. The lowest BCUT2D eigenvalue weighted by Crippen LogP contribution is -2.36. The zero-order valence-corrected chi connectivity index (χ0v) is 16.7. The Balaban J connectivity index is 0.00000156. The van der Waals surface area contributed by atoms with Crippen molar-refractivity contribution in [3.8, 4) is 0 Å². The predicted molar refractivity (Wildman–Crippen MR) is 108 cm³/mol. The van der Waals surface area contributed by atoms with Gasteiger partial charge in [-0.3, -0.25) is 9.69 Å². The summed E-state index contributed by atoms with van der Waals surface area (Å²) in [7, 11) is 1.97. The van der Waals surface area contributed by atoms with Crippen molar-refractivity contribution in [1.82, 2.24) is 15.1 Å². The van der Waals surface area contributed by atoms with Crippen LogP contribution in [0.2, 0.25) is 0 Å². The molecule has 0 radical (unpaired) electrons. The fourth-order valence-corrected chi connectivity index (χ4v) is 3.83. The number of nitrogens with one attached hydrogen (secondary N) is 1. The Labute approximate surface area is 164 Å². The molecular formula is C19H31Cl2N3O. The van der Waals surface area contributed by atoms with Crippen LogP contribution < -0.4 is 5.32 Å². The first-order valence-corrected chi connectivity index (χ1v) is 8.94. The minimum absolute atomic E-state index is 0. The van der Waals surface area contributed by atoms with Gasteiger partial charge in [-0.05, 0) is 43.8 Å². The molecule has 0 spiro atoms. The Morgan fingerprint density at radius 1 is 1.24 bits per heavy atom. The zero-order valence-electron chi connectivity index (χ0n) is 15.0. The van der Waals surface area contributed by atoms with Crippen LogP contribution in [0.5, 0.6) is 0 Å². The van der Waals surface area contributed by atoms with E-state index in [1.807, 2.05) is 11.9 Å². The van der Waals surface area contributed by atoms with Crippen molar-refractivity contribution in [1.29, 1.82) is 0 Å². The number of amides is 1. The molecular weight excluding hydrogens is 357 g/mol. The average molecular weight is 388 g/mol. The van der Waals surface area contributed by atoms with Crippen molar-refractivity contribution in [2.24, 2.45) is 5.92 Å². The normalized spacial score (nSPS) is 22.9. The maximum absolute atomic E-state index is 12.3. The third-order valence-electron chi connectivity index (χ3n) is 5.16. The maximum Gasteiger partial charge on any atom is 0.223 e. The summed E-state index contributed by atoms with van der Waals surface area (Å²) >= 11 is 0. The van der Waals surface area contributed by atoms with E-state index in [1.165, 1.54) is 18.4 Å². The Kier molecular flexibility index (Phi) is 9.80. The van der Waals surface area contributed by atoms with Crippen LogP contribution in [0.15, 0.2) is 30.3 Å². The molecule has 1 aromatic carbocycles. The topological polar surface area (TPSA) is 35.6 Å².